The average molecular weight is 956 g/mol. The third kappa shape index (κ3) is 54.6. The molecule has 0 saturated heterocycles. The molecule has 68 heavy (non-hydrogen) atoms. The van der Waals surface area contributed by atoms with Gasteiger partial charge in [-0.2, -0.15) is 0 Å². The zero-order chi connectivity index (χ0) is 49.3. The first-order chi connectivity index (χ1) is 33.5. The Kier molecular flexibility index (Phi) is 55.2. The molecule has 0 aliphatic carbocycles. The fourth-order valence-corrected chi connectivity index (χ4v) is 8.86. The van der Waals surface area contributed by atoms with E-state index in [-0.39, 0.29) is 31.1 Å². The van der Waals surface area contributed by atoms with Gasteiger partial charge in [0.1, 0.15) is 13.2 Å². The minimum absolute atomic E-state index is 0.0713. The molecule has 0 rings (SSSR count). The van der Waals surface area contributed by atoms with Crippen molar-refractivity contribution >= 4 is 17.9 Å². The van der Waals surface area contributed by atoms with E-state index >= 15 is 0 Å². The first-order valence-corrected chi connectivity index (χ1v) is 30.0. The van der Waals surface area contributed by atoms with Crippen molar-refractivity contribution in [3.63, 3.8) is 0 Å². The molecule has 0 amide bonds. The van der Waals surface area contributed by atoms with Crippen molar-refractivity contribution in [3.8, 4) is 0 Å². The average Bonchev–Trinajstić information content (AvgIpc) is 3.34. The number of esters is 3. The van der Waals surface area contributed by atoms with Gasteiger partial charge in [-0.3, -0.25) is 14.4 Å². The van der Waals surface area contributed by atoms with Gasteiger partial charge in [0.2, 0.25) is 0 Å². The Labute approximate surface area is 423 Å². The second-order valence-electron chi connectivity index (χ2n) is 20.3. The molecule has 0 N–H and O–H groups in total. The lowest BCUT2D eigenvalue weighted by atomic mass is 10.0. The Morgan fingerprint density at radius 1 is 0.294 bits per heavy atom. The van der Waals surface area contributed by atoms with Gasteiger partial charge in [-0.1, -0.05) is 282 Å². The molecule has 0 aromatic heterocycles. The van der Waals surface area contributed by atoms with Crippen molar-refractivity contribution < 1.29 is 28.6 Å². The molecule has 6 heteroatoms. The van der Waals surface area contributed by atoms with Crippen LogP contribution in [-0.2, 0) is 28.6 Å². The maximum atomic E-state index is 12.9. The van der Waals surface area contributed by atoms with Crippen molar-refractivity contribution in [2.75, 3.05) is 13.2 Å². The topological polar surface area (TPSA) is 78.9 Å². The van der Waals surface area contributed by atoms with E-state index in [1.54, 1.807) is 0 Å². The fraction of sp³-hybridized carbons (Fsp3) is 0.855. The molecular weight excluding hydrogens is 841 g/mol. The Balaban J connectivity index is 4.34. The van der Waals surface area contributed by atoms with E-state index < -0.39 is 6.10 Å². The third-order valence-electron chi connectivity index (χ3n) is 13.4. The Morgan fingerprint density at radius 2 is 0.529 bits per heavy atom. The normalized spacial score (nSPS) is 12.2. The zero-order valence-electron chi connectivity index (χ0n) is 45.6. The highest BCUT2D eigenvalue weighted by atomic mass is 16.6. The van der Waals surface area contributed by atoms with E-state index in [1.807, 2.05) is 0 Å². The number of hydrogen-bond acceptors (Lipinski definition) is 6. The number of carbonyl (C=O) groups is 3. The second kappa shape index (κ2) is 57.2. The number of ether oxygens (including phenoxy) is 3. The molecule has 0 heterocycles. The largest absolute Gasteiger partial charge is 0.462 e. The van der Waals surface area contributed by atoms with Gasteiger partial charge >= 0.3 is 17.9 Å². The summed E-state index contributed by atoms with van der Waals surface area (Å²) < 4.78 is 16.9. The number of carbonyl (C=O) groups excluding carboxylic acids is 3. The Bertz CT molecular complexity index is 1140. The summed E-state index contributed by atoms with van der Waals surface area (Å²) in [5.74, 6) is -0.863. The van der Waals surface area contributed by atoms with Crippen LogP contribution in [0.5, 0.6) is 0 Å². The van der Waals surface area contributed by atoms with Crippen molar-refractivity contribution in [3.05, 3.63) is 36.5 Å². The summed E-state index contributed by atoms with van der Waals surface area (Å²) >= 11 is 0. The van der Waals surface area contributed by atoms with E-state index in [0.29, 0.717) is 19.3 Å². The predicted molar refractivity (Wildman–Crippen MR) is 293 cm³/mol. The highest BCUT2D eigenvalue weighted by molar-refractivity contribution is 5.71. The van der Waals surface area contributed by atoms with Gasteiger partial charge in [-0.05, 0) is 57.8 Å². The molecule has 0 aromatic carbocycles. The fourth-order valence-electron chi connectivity index (χ4n) is 8.86. The molecule has 0 aliphatic heterocycles. The Hall–Kier alpha value is -2.37. The molecule has 0 spiro atoms. The number of allylic oxidation sites excluding steroid dienone is 6. The highest BCUT2D eigenvalue weighted by Gasteiger charge is 2.19. The molecule has 0 bridgehead atoms. The lowest BCUT2D eigenvalue weighted by Crippen LogP contribution is -2.30. The van der Waals surface area contributed by atoms with E-state index in [2.05, 4.69) is 57.2 Å². The van der Waals surface area contributed by atoms with E-state index in [4.69, 9.17) is 14.2 Å². The first kappa shape index (κ1) is 65.6. The van der Waals surface area contributed by atoms with Crippen LogP contribution in [-0.4, -0.2) is 37.2 Å². The predicted octanol–water partition coefficient (Wildman–Crippen LogP) is 20.0. The molecule has 398 valence electrons. The van der Waals surface area contributed by atoms with E-state index in [1.165, 1.54) is 205 Å². The number of unbranched alkanes of at least 4 members (excludes halogenated alkanes) is 38. The number of rotatable bonds is 55. The minimum Gasteiger partial charge on any atom is -0.462 e. The molecule has 1 atom stereocenters. The summed E-state index contributed by atoms with van der Waals surface area (Å²) in [6.07, 6.45) is 68.5. The van der Waals surface area contributed by atoms with Crippen LogP contribution in [0, 0.1) is 0 Å². The lowest BCUT2D eigenvalue weighted by Gasteiger charge is -2.18. The molecular formula is C62H114O6. The van der Waals surface area contributed by atoms with Crippen molar-refractivity contribution in [1.82, 2.24) is 0 Å². The van der Waals surface area contributed by atoms with Crippen molar-refractivity contribution in [2.24, 2.45) is 0 Å². The minimum atomic E-state index is -0.773. The summed E-state index contributed by atoms with van der Waals surface area (Å²) in [7, 11) is 0. The summed E-state index contributed by atoms with van der Waals surface area (Å²) in [5.41, 5.74) is 0. The second-order valence-corrected chi connectivity index (χ2v) is 20.3. The molecule has 1 unspecified atom stereocenters. The van der Waals surface area contributed by atoms with Gasteiger partial charge in [-0.15, -0.1) is 0 Å². The SMILES string of the molecule is CCCCC/C=C\C/C=C\C/C=C\CCCCCCCCC(=O)OCC(COC(=O)CCCCCCCCCCCCCCC)OC(=O)CCCCCCCCCCCCCCCCCCCC. The van der Waals surface area contributed by atoms with Crippen LogP contribution in [0.3, 0.4) is 0 Å². The molecule has 0 aromatic rings. The Morgan fingerprint density at radius 3 is 0.853 bits per heavy atom. The van der Waals surface area contributed by atoms with Crippen LogP contribution in [0.4, 0.5) is 0 Å². The molecule has 0 radical (unpaired) electrons. The highest BCUT2D eigenvalue weighted by Crippen LogP contribution is 2.17. The molecule has 0 aliphatic rings. The summed E-state index contributed by atoms with van der Waals surface area (Å²) in [6.45, 7) is 6.65. The first-order valence-electron chi connectivity index (χ1n) is 30.0. The summed E-state index contributed by atoms with van der Waals surface area (Å²) in [6, 6.07) is 0. The van der Waals surface area contributed by atoms with E-state index in [0.717, 1.165) is 77.0 Å². The van der Waals surface area contributed by atoms with Gasteiger partial charge in [0.25, 0.3) is 0 Å². The van der Waals surface area contributed by atoms with Crippen molar-refractivity contribution in [1.29, 1.82) is 0 Å². The van der Waals surface area contributed by atoms with Gasteiger partial charge in [0.15, 0.2) is 6.10 Å². The van der Waals surface area contributed by atoms with Gasteiger partial charge < -0.3 is 14.2 Å². The zero-order valence-corrected chi connectivity index (χ0v) is 45.6. The van der Waals surface area contributed by atoms with E-state index in [9.17, 15) is 14.4 Å². The number of hydrogen-bond donors (Lipinski definition) is 0. The lowest BCUT2D eigenvalue weighted by molar-refractivity contribution is -0.167. The monoisotopic (exact) mass is 955 g/mol. The summed E-state index contributed by atoms with van der Waals surface area (Å²) in [4.78, 5) is 38.2. The third-order valence-corrected chi connectivity index (χ3v) is 13.4. The maximum Gasteiger partial charge on any atom is 0.306 e. The van der Waals surface area contributed by atoms with Crippen LogP contribution in [0.25, 0.3) is 0 Å². The van der Waals surface area contributed by atoms with Gasteiger partial charge in [0.05, 0.1) is 0 Å². The van der Waals surface area contributed by atoms with Crippen LogP contribution >= 0.6 is 0 Å². The van der Waals surface area contributed by atoms with Crippen molar-refractivity contribution in [2.45, 2.75) is 329 Å². The van der Waals surface area contributed by atoms with Crippen LogP contribution in [0.2, 0.25) is 0 Å². The molecule has 0 fully saturated rings. The molecule has 6 nitrogen and oxygen atoms in total. The van der Waals surface area contributed by atoms with Crippen LogP contribution in [0.1, 0.15) is 323 Å². The maximum absolute atomic E-state index is 12.9. The quantitative estimate of drug-likeness (QED) is 0.0262. The van der Waals surface area contributed by atoms with Crippen LogP contribution in [0.15, 0.2) is 36.5 Å². The summed E-state index contributed by atoms with van der Waals surface area (Å²) in [5, 5.41) is 0. The molecule has 0 saturated carbocycles. The van der Waals surface area contributed by atoms with Gasteiger partial charge in [-0.25, -0.2) is 0 Å². The van der Waals surface area contributed by atoms with Gasteiger partial charge in [0, 0.05) is 19.3 Å². The smallest absolute Gasteiger partial charge is 0.306 e. The standard InChI is InChI=1S/C62H114O6/c1-4-7-10-13-16-19-22-25-27-29-31-33-34-37-40-43-46-49-52-55-61(64)67-58-59(57-66-60(63)54-51-48-45-42-39-36-24-21-18-15-12-9-6-3)68-62(65)56-53-50-47-44-41-38-35-32-30-28-26-23-20-17-14-11-8-5-2/h16,19,25,27,31,33,59H,4-15,17-18,20-24,26,28-30,32,34-58H2,1-3H3/b19-16-,27-25-,33-31-. The van der Waals surface area contributed by atoms with Crippen LogP contribution < -0.4 is 0 Å².